The van der Waals surface area contributed by atoms with Crippen molar-refractivity contribution in [3.05, 3.63) is 107 Å². The monoisotopic (exact) mass is 561 g/mol. The number of benzene rings is 3. The van der Waals surface area contributed by atoms with Crippen LogP contribution in [0.3, 0.4) is 0 Å². The molecule has 4 aromatic rings. The van der Waals surface area contributed by atoms with Gasteiger partial charge in [-0.15, -0.1) is 0 Å². The molecule has 5 nitrogen and oxygen atoms in total. The van der Waals surface area contributed by atoms with Crippen LogP contribution in [0.2, 0.25) is 0 Å². The maximum Gasteiger partial charge on any atom is 0.416 e. The molecule has 0 aliphatic heterocycles. The van der Waals surface area contributed by atoms with Gasteiger partial charge in [-0.1, -0.05) is 60.7 Å². The number of para-hydroxylation sites is 1. The van der Waals surface area contributed by atoms with E-state index in [1.807, 2.05) is 74.6 Å². The smallest absolute Gasteiger partial charge is 0.361 e. The Kier molecular flexibility index (Phi) is 8.20. The molecule has 0 saturated heterocycles. The minimum Gasteiger partial charge on any atom is -0.361 e. The molecule has 1 aromatic heterocycles. The average molecular weight is 562 g/mol. The highest BCUT2D eigenvalue weighted by molar-refractivity contribution is 5.88. The molecule has 214 valence electrons. The first-order valence-electron chi connectivity index (χ1n) is 14.0. The van der Waals surface area contributed by atoms with E-state index >= 15 is 0 Å². The van der Waals surface area contributed by atoms with Gasteiger partial charge in [0.1, 0.15) is 0 Å². The van der Waals surface area contributed by atoms with Crippen molar-refractivity contribution in [3.8, 4) is 0 Å². The van der Waals surface area contributed by atoms with Crippen molar-refractivity contribution in [2.45, 2.75) is 51.4 Å². The van der Waals surface area contributed by atoms with Gasteiger partial charge in [0.15, 0.2) is 0 Å². The molecule has 2 unspecified atom stereocenters. The molecule has 2 amide bonds. The predicted molar refractivity (Wildman–Crippen MR) is 153 cm³/mol. The molecule has 1 aliphatic rings. The summed E-state index contributed by atoms with van der Waals surface area (Å²) in [5.41, 5.74) is 3.04. The number of nitrogens with zero attached hydrogens (tertiary/aromatic N) is 2. The maximum absolute atomic E-state index is 13.8. The van der Waals surface area contributed by atoms with E-state index in [1.54, 1.807) is 9.80 Å². The van der Waals surface area contributed by atoms with Crippen molar-refractivity contribution in [2.24, 2.45) is 5.92 Å². The first-order valence-corrected chi connectivity index (χ1v) is 14.0. The number of hydrogen-bond acceptors (Lipinski definition) is 2. The van der Waals surface area contributed by atoms with Crippen LogP contribution in [0.1, 0.15) is 48.4 Å². The number of rotatable bonds is 10. The minimum absolute atomic E-state index is 0.0340. The van der Waals surface area contributed by atoms with E-state index < -0.39 is 11.7 Å². The molecule has 1 N–H and O–H groups in total. The fourth-order valence-electron chi connectivity index (χ4n) is 5.42. The molecule has 1 fully saturated rings. The molecular formula is C33H34F3N3O2. The van der Waals surface area contributed by atoms with Gasteiger partial charge in [-0.25, -0.2) is 0 Å². The topological polar surface area (TPSA) is 56.4 Å². The van der Waals surface area contributed by atoms with Gasteiger partial charge in [0.25, 0.3) is 0 Å². The number of nitrogens with one attached hydrogen (secondary N) is 1. The molecule has 5 rings (SSSR count). The first kappa shape index (κ1) is 28.5. The van der Waals surface area contributed by atoms with E-state index in [0.717, 1.165) is 40.6 Å². The van der Waals surface area contributed by atoms with Gasteiger partial charge < -0.3 is 14.8 Å². The third-order valence-electron chi connectivity index (χ3n) is 7.88. The molecule has 0 radical (unpaired) electrons. The normalized spacial score (nSPS) is 16.6. The lowest BCUT2D eigenvalue weighted by Crippen LogP contribution is -2.46. The second kappa shape index (κ2) is 11.8. The second-order valence-corrected chi connectivity index (χ2v) is 11.0. The number of halogens is 3. The minimum atomic E-state index is -4.43. The number of hydrogen-bond donors (Lipinski definition) is 1. The number of H-pyrrole nitrogens is 1. The molecule has 8 heteroatoms. The van der Waals surface area contributed by atoms with Crippen LogP contribution in [0.4, 0.5) is 13.2 Å². The number of carbonyl (C=O) groups is 2. The van der Waals surface area contributed by atoms with Crippen LogP contribution in [0.5, 0.6) is 0 Å². The average Bonchev–Trinajstić information content (AvgIpc) is 3.66. The van der Waals surface area contributed by atoms with Gasteiger partial charge in [-0.2, -0.15) is 13.2 Å². The highest BCUT2D eigenvalue weighted by Crippen LogP contribution is 2.48. The predicted octanol–water partition coefficient (Wildman–Crippen LogP) is 6.80. The number of carbonyl (C=O) groups excluding carboxylic acids is 2. The van der Waals surface area contributed by atoms with Crippen LogP contribution in [0.15, 0.2) is 85.1 Å². The summed E-state index contributed by atoms with van der Waals surface area (Å²) in [5, 5.41) is 1.06. The van der Waals surface area contributed by atoms with E-state index in [0.29, 0.717) is 18.5 Å². The van der Waals surface area contributed by atoms with Gasteiger partial charge in [0.05, 0.1) is 12.1 Å². The molecule has 0 bridgehead atoms. The molecule has 1 heterocycles. The summed E-state index contributed by atoms with van der Waals surface area (Å²) in [6.07, 6.45) is -1.19. The van der Waals surface area contributed by atoms with Crippen molar-refractivity contribution >= 4 is 22.7 Å². The van der Waals surface area contributed by atoms with Crippen molar-refractivity contribution in [1.29, 1.82) is 0 Å². The largest absolute Gasteiger partial charge is 0.416 e. The Labute approximate surface area is 238 Å². The van der Waals surface area contributed by atoms with Crippen LogP contribution in [-0.2, 0) is 28.7 Å². The zero-order chi connectivity index (χ0) is 29.1. The summed E-state index contributed by atoms with van der Waals surface area (Å²) in [7, 11) is 0. The Hall–Kier alpha value is -4.07. The summed E-state index contributed by atoms with van der Waals surface area (Å²) < 4.78 is 39.3. The lowest BCUT2D eigenvalue weighted by Gasteiger charge is -2.30. The van der Waals surface area contributed by atoms with Crippen LogP contribution in [-0.4, -0.2) is 45.7 Å². The number of amides is 2. The summed E-state index contributed by atoms with van der Waals surface area (Å²) in [6.45, 7) is 4.23. The number of aromatic nitrogens is 1. The molecule has 41 heavy (non-hydrogen) atoms. The quantitative estimate of drug-likeness (QED) is 0.232. The van der Waals surface area contributed by atoms with E-state index in [-0.39, 0.29) is 42.8 Å². The maximum atomic E-state index is 13.8. The summed E-state index contributed by atoms with van der Waals surface area (Å²) >= 11 is 0. The van der Waals surface area contributed by atoms with Gasteiger partial charge in [0.2, 0.25) is 11.8 Å². The Morgan fingerprint density at radius 1 is 0.951 bits per heavy atom. The van der Waals surface area contributed by atoms with Crippen LogP contribution in [0, 0.1) is 5.92 Å². The summed E-state index contributed by atoms with van der Waals surface area (Å²) in [5.74, 6) is -0.260. The van der Waals surface area contributed by atoms with Crippen LogP contribution < -0.4 is 0 Å². The molecule has 3 aromatic carbocycles. The fourth-order valence-corrected chi connectivity index (χ4v) is 5.42. The molecule has 0 spiro atoms. The van der Waals surface area contributed by atoms with Gasteiger partial charge in [-0.05, 0) is 67.5 Å². The standard InChI is InChI=1S/C33H34F3N3O2/c1-22(2)39(32(41)29-18-28(29)24-8-4-3-5-9-24)21-31(40)38(20-23-12-14-26(15-13-23)33(34,35)36)17-16-25-19-37-30-11-7-6-10-27(25)30/h3-15,19,22,28-29,37H,16-18,20-21H2,1-2H3. The van der Waals surface area contributed by atoms with Crippen molar-refractivity contribution in [3.63, 3.8) is 0 Å². The molecule has 1 saturated carbocycles. The zero-order valence-corrected chi connectivity index (χ0v) is 23.2. The third kappa shape index (κ3) is 6.64. The third-order valence-corrected chi connectivity index (χ3v) is 7.88. The molecule has 1 aliphatic carbocycles. The fraction of sp³-hybridized carbons (Fsp3) is 0.333. The van der Waals surface area contributed by atoms with Crippen molar-refractivity contribution < 1.29 is 22.8 Å². The number of aromatic amines is 1. The second-order valence-electron chi connectivity index (χ2n) is 11.0. The SMILES string of the molecule is CC(C)N(CC(=O)N(CCc1c[nH]c2ccccc12)Cc1ccc(C(F)(F)F)cc1)C(=O)C1CC1c1ccccc1. The highest BCUT2D eigenvalue weighted by Gasteiger charge is 2.46. The lowest BCUT2D eigenvalue weighted by molar-refractivity contribution is -0.143. The van der Waals surface area contributed by atoms with Crippen LogP contribution in [0.25, 0.3) is 10.9 Å². The van der Waals surface area contributed by atoms with E-state index in [2.05, 4.69) is 4.98 Å². The lowest BCUT2D eigenvalue weighted by atomic mass is 10.1. The molecule has 2 atom stereocenters. The Balaban J connectivity index is 1.32. The van der Waals surface area contributed by atoms with E-state index in [1.165, 1.54) is 12.1 Å². The van der Waals surface area contributed by atoms with E-state index in [4.69, 9.17) is 0 Å². The Morgan fingerprint density at radius 2 is 1.63 bits per heavy atom. The van der Waals surface area contributed by atoms with Crippen molar-refractivity contribution in [2.75, 3.05) is 13.1 Å². The summed E-state index contributed by atoms with van der Waals surface area (Å²) in [6, 6.07) is 22.6. The molecular weight excluding hydrogens is 527 g/mol. The van der Waals surface area contributed by atoms with E-state index in [9.17, 15) is 22.8 Å². The van der Waals surface area contributed by atoms with Crippen molar-refractivity contribution in [1.82, 2.24) is 14.8 Å². The van der Waals surface area contributed by atoms with Gasteiger partial charge in [0, 0.05) is 42.1 Å². The number of alkyl halides is 3. The van der Waals surface area contributed by atoms with Crippen LogP contribution >= 0.6 is 0 Å². The highest BCUT2D eigenvalue weighted by atomic mass is 19.4. The zero-order valence-electron chi connectivity index (χ0n) is 23.2. The Bertz CT molecular complexity index is 1500. The Morgan fingerprint density at radius 3 is 2.32 bits per heavy atom. The number of fused-ring (bicyclic) bond motifs is 1. The van der Waals surface area contributed by atoms with Gasteiger partial charge >= 0.3 is 6.18 Å². The van der Waals surface area contributed by atoms with Gasteiger partial charge in [-0.3, -0.25) is 9.59 Å². The first-order chi connectivity index (χ1) is 19.6. The summed E-state index contributed by atoms with van der Waals surface area (Å²) in [4.78, 5) is 33.8.